The van der Waals surface area contributed by atoms with Crippen molar-refractivity contribution in [1.82, 2.24) is 9.80 Å². The number of nitrogens with two attached hydrogens (primary N) is 1. The number of fused-ring (bicyclic) bond motifs is 4. The Hall–Kier alpha value is -1.59. The molecule has 3 atom stereocenters. The molecule has 5 heteroatoms. The van der Waals surface area contributed by atoms with Crippen LogP contribution in [0, 0.1) is 5.92 Å². The molecule has 1 aromatic rings. The highest BCUT2D eigenvalue weighted by molar-refractivity contribution is 5.71. The fourth-order valence-corrected chi connectivity index (χ4v) is 6.96. The first-order valence-corrected chi connectivity index (χ1v) is 13.1. The van der Waals surface area contributed by atoms with Crippen LogP contribution in [0.15, 0.2) is 18.2 Å². The van der Waals surface area contributed by atoms with E-state index in [1.54, 1.807) is 0 Å². The number of hydrogen-bond acceptors (Lipinski definition) is 4. The summed E-state index contributed by atoms with van der Waals surface area (Å²) >= 11 is 0. The zero-order valence-electron chi connectivity index (χ0n) is 19.9. The minimum absolute atomic E-state index is 0.0200. The van der Waals surface area contributed by atoms with Gasteiger partial charge in [-0.3, -0.25) is 0 Å². The van der Waals surface area contributed by atoms with Gasteiger partial charge in [0.1, 0.15) is 5.75 Å². The van der Waals surface area contributed by atoms with Crippen molar-refractivity contribution in [2.75, 3.05) is 26.2 Å². The molecule has 0 radical (unpaired) electrons. The molecule has 2 saturated heterocycles. The van der Waals surface area contributed by atoms with Gasteiger partial charge in [-0.1, -0.05) is 38.7 Å². The smallest absolute Gasteiger partial charge is 0.410 e. The van der Waals surface area contributed by atoms with E-state index in [4.69, 9.17) is 10.5 Å². The molecular formula is C27H41N3O2. The van der Waals surface area contributed by atoms with Gasteiger partial charge in [0.15, 0.2) is 0 Å². The monoisotopic (exact) mass is 439 g/mol. The van der Waals surface area contributed by atoms with Crippen LogP contribution in [0.4, 0.5) is 4.79 Å². The number of piperidine rings is 2. The van der Waals surface area contributed by atoms with Crippen LogP contribution in [-0.2, 0) is 11.8 Å². The lowest BCUT2D eigenvalue weighted by Gasteiger charge is -2.47. The van der Waals surface area contributed by atoms with E-state index < -0.39 is 0 Å². The number of amides is 1. The summed E-state index contributed by atoms with van der Waals surface area (Å²) in [5.74, 6) is 1.25. The Labute approximate surface area is 193 Å². The molecule has 2 heterocycles. The number of ether oxygens (including phenoxy) is 1. The maximum atomic E-state index is 12.9. The van der Waals surface area contributed by atoms with Gasteiger partial charge in [0, 0.05) is 30.6 Å². The summed E-state index contributed by atoms with van der Waals surface area (Å²) in [7, 11) is 0. The fourth-order valence-electron chi connectivity index (χ4n) is 6.96. The molecule has 1 aromatic carbocycles. The molecule has 4 aliphatic rings. The van der Waals surface area contributed by atoms with E-state index >= 15 is 0 Å². The molecule has 5 rings (SSSR count). The first-order chi connectivity index (χ1) is 15.5. The molecule has 176 valence electrons. The first kappa shape index (κ1) is 22.2. The second-order valence-electron chi connectivity index (χ2n) is 11.0. The zero-order valence-corrected chi connectivity index (χ0v) is 19.9. The summed E-state index contributed by atoms with van der Waals surface area (Å²) in [5.41, 5.74) is 9.53. The number of rotatable bonds is 2. The minimum atomic E-state index is -0.192. The second-order valence-corrected chi connectivity index (χ2v) is 11.0. The van der Waals surface area contributed by atoms with Crippen LogP contribution >= 0.6 is 0 Å². The van der Waals surface area contributed by atoms with E-state index in [-0.39, 0.29) is 17.6 Å². The largest absolute Gasteiger partial charge is 0.415 e. The highest BCUT2D eigenvalue weighted by Crippen LogP contribution is 2.46. The van der Waals surface area contributed by atoms with E-state index in [1.165, 1.54) is 69.2 Å². The van der Waals surface area contributed by atoms with Gasteiger partial charge in [-0.2, -0.15) is 0 Å². The normalized spacial score (nSPS) is 32.0. The Kier molecular flexibility index (Phi) is 6.48. The lowest BCUT2D eigenvalue weighted by molar-refractivity contribution is 0.0877. The molecule has 0 aromatic heterocycles. The minimum Gasteiger partial charge on any atom is -0.410 e. The topological polar surface area (TPSA) is 58.8 Å². The standard InChI is InChI=1S/C27H41N3O2/c1-27-13-5-2-4-8-21(25(27)28)18-20-9-10-23(19-24(20)27)32-26(31)30-16-11-22(12-17-30)29-14-6-3-7-15-29/h9-10,19,21-22,25H,2-8,11-18,28H2,1H3/t21-,25-,27+/m0/s1. The van der Waals surface area contributed by atoms with Gasteiger partial charge >= 0.3 is 6.09 Å². The number of likely N-dealkylation sites (tertiary alicyclic amines) is 2. The highest BCUT2D eigenvalue weighted by Gasteiger charge is 2.44. The molecule has 32 heavy (non-hydrogen) atoms. The van der Waals surface area contributed by atoms with Crippen molar-refractivity contribution < 1.29 is 9.53 Å². The summed E-state index contributed by atoms with van der Waals surface area (Å²) < 4.78 is 5.91. The van der Waals surface area contributed by atoms with Crippen molar-refractivity contribution >= 4 is 6.09 Å². The summed E-state index contributed by atoms with van der Waals surface area (Å²) in [6.07, 6.45) is 13.2. The van der Waals surface area contributed by atoms with Crippen LogP contribution in [0.1, 0.15) is 82.3 Å². The van der Waals surface area contributed by atoms with E-state index in [0.717, 1.165) is 38.8 Å². The Balaban J connectivity index is 1.25. The van der Waals surface area contributed by atoms with Crippen LogP contribution in [0.3, 0.4) is 0 Å². The third-order valence-corrected chi connectivity index (χ3v) is 9.03. The lowest BCUT2D eigenvalue weighted by Crippen LogP contribution is -2.52. The Bertz CT molecular complexity index is 813. The Morgan fingerprint density at radius 1 is 1.00 bits per heavy atom. The number of hydrogen-bond donors (Lipinski definition) is 1. The van der Waals surface area contributed by atoms with Gasteiger partial charge < -0.3 is 20.3 Å². The van der Waals surface area contributed by atoms with E-state index in [0.29, 0.717) is 17.7 Å². The van der Waals surface area contributed by atoms with Gasteiger partial charge in [-0.15, -0.1) is 0 Å². The average molecular weight is 440 g/mol. The summed E-state index contributed by atoms with van der Waals surface area (Å²) in [4.78, 5) is 17.5. The molecule has 2 N–H and O–H groups in total. The number of benzene rings is 1. The van der Waals surface area contributed by atoms with Crippen molar-refractivity contribution in [1.29, 1.82) is 0 Å². The molecule has 0 spiro atoms. The first-order valence-electron chi connectivity index (χ1n) is 13.1. The fraction of sp³-hybridized carbons (Fsp3) is 0.741. The van der Waals surface area contributed by atoms with Gasteiger partial charge in [0.05, 0.1) is 0 Å². The van der Waals surface area contributed by atoms with Gasteiger partial charge in [0.2, 0.25) is 0 Å². The maximum Gasteiger partial charge on any atom is 0.415 e. The van der Waals surface area contributed by atoms with E-state index in [2.05, 4.69) is 24.0 Å². The molecular weight excluding hydrogens is 398 g/mol. The van der Waals surface area contributed by atoms with E-state index in [9.17, 15) is 4.79 Å². The Morgan fingerprint density at radius 2 is 1.75 bits per heavy atom. The number of carbonyl (C=O) groups is 1. The van der Waals surface area contributed by atoms with Crippen LogP contribution < -0.4 is 10.5 Å². The molecule has 3 fully saturated rings. The third-order valence-electron chi connectivity index (χ3n) is 9.03. The third kappa shape index (κ3) is 4.31. The predicted molar refractivity (Wildman–Crippen MR) is 128 cm³/mol. The van der Waals surface area contributed by atoms with Gasteiger partial charge in [0.25, 0.3) is 0 Å². The zero-order chi connectivity index (χ0) is 22.1. The predicted octanol–water partition coefficient (Wildman–Crippen LogP) is 4.86. The van der Waals surface area contributed by atoms with Gasteiger partial charge in [-0.05, 0) is 87.2 Å². The maximum absolute atomic E-state index is 12.9. The molecule has 2 bridgehead atoms. The quantitative estimate of drug-likeness (QED) is 0.715. The van der Waals surface area contributed by atoms with Gasteiger partial charge in [-0.25, -0.2) is 4.79 Å². The Morgan fingerprint density at radius 3 is 2.53 bits per heavy atom. The number of carbonyl (C=O) groups excluding carboxylic acids is 1. The van der Waals surface area contributed by atoms with Crippen molar-refractivity contribution in [2.45, 2.75) is 95.1 Å². The summed E-state index contributed by atoms with van der Waals surface area (Å²) in [6.45, 7) is 6.40. The van der Waals surface area contributed by atoms with Crippen molar-refractivity contribution in [3.63, 3.8) is 0 Å². The summed E-state index contributed by atoms with van der Waals surface area (Å²) in [5, 5.41) is 0. The van der Waals surface area contributed by atoms with E-state index in [1.807, 2.05) is 11.0 Å². The van der Waals surface area contributed by atoms with Crippen LogP contribution in [0.2, 0.25) is 0 Å². The second kappa shape index (κ2) is 9.34. The van der Waals surface area contributed by atoms with Crippen LogP contribution in [0.25, 0.3) is 0 Å². The SMILES string of the molecule is C[C@@]12CCCCC[C@@H](Cc3ccc(OC(=O)N4CCC(N5CCCCC5)CC4)cc31)[C@@H]2N. The van der Waals surface area contributed by atoms with Crippen molar-refractivity contribution in [3.05, 3.63) is 29.3 Å². The highest BCUT2D eigenvalue weighted by atomic mass is 16.6. The van der Waals surface area contributed by atoms with Crippen LogP contribution in [0.5, 0.6) is 5.75 Å². The molecule has 2 aliphatic carbocycles. The molecule has 2 aliphatic heterocycles. The van der Waals surface area contributed by atoms with Crippen molar-refractivity contribution in [3.8, 4) is 5.75 Å². The summed E-state index contributed by atoms with van der Waals surface area (Å²) in [6, 6.07) is 7.15. The molecule has 0 unspecified atom stereocenters. The molecule has 1 saturated carbocycles. The number of nitrogens with zero attached hydrogens (tertiary/aromatic N) is 2. The average Bonchev–Trinajstić information content (AvgIpc) is 2.83. The molecule has 1 amide bonds. The van der Waals surface area contributed by atoms with Crippen LogP contribution in [-0.4, -0.2) is 54.2 Å². The molecule has 5 nitrogen and oxygen atoms in total. The van der Waals surface area contributed by atoms with Crippen molar-refractivity contribution in [2.24, 2.45) is 11.7 Å². The lowest BCUT2D eigenvalue weighted by atomic mass is 9.60.